The van der Waals surface area contributed by atoms with E-state index in [-0.39, 0.29) is 29.4 Å². The third-order valence-corrected chi connectivity index (χ3v) is 4.99. The van der Waals surface area contributed by atoms with Crippen molar-refractivity contribution < 1.29 is 4.74 Å². The molecule has 0 aromatic heterocycles. The number of hydrogen-bond acceptors (Lipinski definition) is 2. The highest BCUT2D eigenvalue weighted by Gasteiger charge is 2.27. The molecule has 0 spiro atoms. The maximum atomic E-state index is 5.28. The van der Waals surface area contributed by atoms with Crippen molar-refractivity contribution in [2.75, 3.05) is 40.4 Å². The molecular weight excluding hydrogens is 481 g/mol. The van der Waals surface area contributed by atoms with E-state index in [1.165, 1.54) is 12.0 Å². The first-order valence-corrected chi connectivity index (χ1v) is 8.96. The maximum absolute atomic E-state index is 5.28. The molecule has 2 rings (SSSR count). The van der Waals surface area contributed by atoms with Crippen LogP contribution in [0, 0.1) is 5.92 Å². The number of methoxy groups -OCH3 is 1. The van der Waals surface area contributed by atoms with Gasteiger partial charge in [-0.15, -0.1) is 24.0 Å². The van der Waals surface area contributed by atoms with Crippen LogP contribution >= 0.6 is 39.9 Å². The Balaban J connectivity index is 0.00000288. The number of hydrogen-bond donors (Lipinski definition) is 1. The van der Waals surface area contributed by atoms with Crippen molar-refractivity contribution in [2.45, 2.75) is 25.7 Å². The van der Waals surface area contributed by atoms with Gasteiger partial charge in [0.2, 0.25) is 0 Å². The van der Waals surface area contributed by atoms with Crippen LogP contribution in [0.1, 0.15) is 25.8 Å². The molecule has 1 aliphatic rings. The molecule has 0 radical (unpaired) electrons. The number of ether oxygens (including phenoxy) is 1. The van der Waals surface area contributed by atoms with Gasteiger partial charge in [-0.2, -0.15) is 0 Å². The molecule has 1 heterocycles. The van der Waals surface area contributed by atoms with Gasteiger partial charge in [-0.1, -0.05) is 41.9 Å². The van der Waals surface area contributed by atoms with Crippen molar-refractivity contribution in [1.82, 2.24) is 10.2 Å². The van der Waals surface area contributed by atoms with Gasteiger partial charge in [0.05, 0.1) is 6.61 Å². The van der Waals surface area contributed by atoms with Crippen LogP contribution in [-0.4, -0.2) is 51.3 Å². The number of aliphatic imine (C=N–C) groups is 1. The zero-order valence-electron chi connectivity index (χ0n) is 15.0. The Hall–Kier alpha value is -0.340. The zero-order valence-corrected chi connectivity index (χ0v) is 18.9. The lowest BCUT2D eigenvalue weighted by Crippen LogP contribution is -2.45. The Kier molecular flexibility index (Phi) is 9.01. The molecule has 4 nitrogen and oxygen atoms in total. The Morgan fingerprint density at radius 2 is 2.21 bits per heavy atom. The monoisotopic (exact) mass is 509 g/mol. The minimum atomic E-state index is 0. The van der Waals surface area contributed by atoms with Gasteiger partial charge in [-0.25, -0.2) is 0 Å². The second kappa shape index (κ2) is 9.97. The van der Waals surface area contributed by atoms with Gasteiger partial charge in [-0.05, 0) is 24.1 Å². The lowest BCUT2D eigenvalue weighted by atomic mass is 9.85. The summed E-state index contributed by atoms with van der Waals surface area (Å²) in [5.74, 6) is 1.60. The van der Waals surface area contributed by atoms with Crippen molar-refractivity contribution in [3.63, 3.8) is 0 Å². The quantitative estimate of drug-likeness (QED) is 0.371. The molecule has 0 aliphatic carbocycles. The predicted octanol–water partition coefficient (Wildman–Crippen LogP) is 3.89. The summed E-state index contributed by atoms with van der Waals surface area (Å²) in [6.07, 6.45) is 1.17. The SMILES string of the molecule is CN=C(NCC(C)(C)c1cccc(Br)c1)N1CCC(COC)C1.I. The summed E-state index contributed by atoms with van der Waals surface area (Å²) in [4.78, 5) is 6.79. The van der Waals surface area contributed by atoms with Crippen molar-refractivity contribution in [3.8, 4) is 0 Å². The van der Waals surface area contributed by atoms with Crippen LogP contribution in [0.2, 0.25) is 0 Å². The first-order valence-electron chi connectivity index (χ1n) is 8.17. The highest BCUT2D eigenvalue weighted by atomic mass is 127. The van der Waals surface area contributed by atoms with Gasteiger partial charge in [0.1, 0.15) is 0 Å². The standard InChI is InChI=1S/C18H28BrN3O.HI/c1-18(2,15-6-5-7-16(19)10-15)13-21-17(20-3)22-9-8-14(11-22)12-23-4;/h5-7,10,14H,8-9,11-13H2,1-4H3,(H,20,21);1H. The molecule has 136 valence electrons. The maximum Gasteiger partial charge on any atom is 0.193 e. The summed E-state index contributed by atoms with van der Waals surface area (Å²) >= 11 is 3.56. The highest BCUT2D eigenvalue weighted by molar-refractivity contribution is 14.0. The summed E-state index contributed by atoms with van der Waals surface area (Å²) < 4.78 is 6.40. The third-order valence-electron chi connectivity index (χ3n) is 4.49. The lowest BCUT2D eigenvalue weighted by molar-refractivity contribution is 0.157. The number of benzene rings is 1. The first kappa shape index (κ1) is 21.7. The van der Waals surface area contributed by atoms with Gasteiger partial charge in [0.25, 0.3) is 0 Å². The van der Waals surface area contributed by atoms with Crippen LogP contribution in [0.25, 0.3) is 0 Å². The fourth-order valence-electron chi connectivity index (χ4n) is 3.04. The summed E-state index contributed by atoms with van der Waals surface area (Å²) in [5.41, 5.74) is 1.35. The predicted molar refractivity (Wildman–Crippen MR) is 116 cm³/mol. The number of rotatable bonds is 5. The van der Waals surface area contributed by atoms with E-state index < -0.39 is 0 Å². The molecule has 1 aromatic rings. The number of likely N-dealkylation sites (tertiary alicyclic amines) is 1. The fraction of sp³-hybridized carbons (Fsp3) is 0.611. The molecule has 1 aliphatic heterocycles. The Morgan fingerprint density at radius 1 is 1.46 bits per heavy atom. The highest BCUT2D eigenvalue weighted by Crippen LogP contribution is 2.25. The van der Waals surface area contributed by atoms with Crippen molar-refractivity contribution in [3.05, 3.63) is 34.3 Å². The first-order chi connectivity index (χ1) is 11.0. The second-order valence-corrected chi connectivity index (χ2v) is 7.77. The minimum absolute atomic E-state index is 0. The average molecular weight is 510 g/mol. The molecule has 1 aromatic carbocycles. The van der Waals surface area contributed by atoms with Crippen molar-refractivity contribution in [1.29, 1.82) is 0 Å². The summed E-state index contributed by atoms with van der Waals surface area (Å²) in [5, 5.41) is 3.55. The molecule has 0 amide bonds. The number of nitrogens with zero attached hydrogens (tertiary/aromatic N) is 2. The fourth-order valence-corrected chi connectivity index (χ4v) is 3.44. The molecule has 1 fully saturated rings. The molecule has 0 saturated carbocycles. The van der Waals surface area contributed by atoms with E-state index in [1.54, 1.807) is 7.11 Å². The van der Waals surface area contributed by atoms with Gasteiger partial charge >= 0.3 is 0 Å². The molecule has 1 unspecified atom stereocenters. The van der Waals surface area contributed by atoms with E-state index in [2.05, 4.69) is 69.3 Å². The number of guanidine groups is 1. The Bertz CT molecular complexity index is 551. The normalized spacial score (nSPS) is 18.5. The Labute approximate surface area is 171 Å². The van der Waals surface area contributed by atoms with Gasteiger partial charge in [0, 0.05) is 49.6 Å². The lowest BCUT2D eigenvalue weighted by Gasteiger charge is -2.29. The Morgan fingerprint density at radius 3 is 2.83 bits per heavy atom. The second-order valence-electron chi connectivity index (χ2n) is 6.85. The van der Waals surface area contributed by atoms with E-state index in [4.69, 9.17) is 4.74 Å². The summed E-state index contributed by atoms with van der Waals surface area (Å²) in [7, 11) is 3.63. The van der Waals surface area contributed by atoms with Crippen LogP contribution in [0.4, 0.5) is 0 Å². The van der Waals surface area contributed by atoms with E-state index in [9.17, 15) is 0 Å². The average Bonchev–Trinajstić information content (AvgIpc) is 2.97. The van der Waals surface area contributed by atoms with Crippen molar-refractivity contribution >= 4 is 45.9 Å². The largest absolute Gasteiger partial charge is 0.384 e. The van der Waals surface area contributed by atoms with Crippen molar-refractivity contribution in [2.24, 2.45) is 10.9 Å². The minimum Gasteiger partial charge on any atom is -0.384 e. The number of halogens is 2. The zero-order chi connectivity index (χ0) is 16.9. The summed E-state index contributed by atoms with van der Waals surface area (Å²) in [6, 6.07) is 8.52. The molecule has 6 heteroatoms. The van der Waals surface area contributed by atoms with E-state index in [0.717, 1.165) is 36.7 Å². The van der Waals surface area contributed by atoms with Gasteiger partial charge in [0.15, 0.2) is 5.96 Å². The van der Waals surface area contributed by atoms with Crippen LogP contribution in [-0.2, 0) is 10.2 Å². The molecule has 1 N–H and O–H groups in total. The molecular formula is C18H29BrIN3O. The van der Waals surface area contributed by atoms with Gasteiger partial charge < -0.3 is 15.0 Å². The summed E-state index contributed by atoms with van der Waals surface area (Å²) in [6.45, 7) is 8.26. The van der Waals surface area contributed by atoms with E-state index >= 15 is 0 Å². The van der Waals surface area contributed by atoms with E-state index in [0.29, 0.717) is 5.92 Å². The third kappa shape index (κ3) is 5.88. The van der Waals surface area contributed by atoms with Crippen LogP contribution < -0.4 is 5.32 Å². The smallest absolute Gasteiger partial charge is 0.193 e. The van der Waals surface area contributed by atoms with E-state index in [1.807, 2.05) is 7.05 Å². The topological polar surface area (TPSA) is 36.9 Å². The van der Waals surface area contributed by atoms with Gasteiger partial charge in [-0.3, -0.25) is 4.99 Å². The van der Waals surface area contributed by atoms with Crippen LogP contribution in [0.5, 0.6) is 0 Å². The van der Waals surface area contributed by atoms with Crippen LogP contribution in [0.15, 0.2) is 33.7 Å². The molecule has 1 atom stereocenters. The van der Waals surface area contributed by atoms with Crippen LogP contribution in [0.3, 0.4) is 0 Å². The molecule has 1 saturated heterocycles. The molecule has 0 bridgehead atoms. The number of nitrogens with one attached hydrogen (secondary N) is 1. The molecule has 24 heavy (non-hydrogen) atoms.